The maximum atomic E-state index is 11.9. The quantitative estimate of drug-likeness (QED) is 0.751. The second kappa shape index (κ2) is 6.54. The van der Waals surface area contributed by atoms with E-state index >= 15 is 0 Å². The third-order valence-electron chi connectivity index (χ3n) is 3.59. The normalized spacial score (nSPS) is 11.3. The maximum absolute atomic E-state index is 11.9. The number of sulfonamides is 1. The molecule has 3 N–H and O–H groups in total. The van der Waals surface area contributed by atoms with Crippen LogP contribution in [-0.2, 0) is 10.0 Å². The molecular weight excluding hydrogens is 340 g/mol. The van der Waals surface area contributed by atoms with Crippen LogP contribution in [0.4, 0.5) is 5.69 Å². The smallest absolute Gasteiger partial charge is 0.291 e. The van der Waals surface area contributed by atoms with Gasteiger partial charge in [0.25, 0.3) is 5.91 Å². The number of hydrogen-bond donors (Lipinski definition) is 2. The first-order valence-electron chi connectivity index (χ1n) is 7.29. The van der Waals surface area contributed by atoms with Gasteiger partial charge < -0.3 is 9.73 Å². The number of rotatable bonds is 4. The van der Waals surface area contributed by atoms with E-state index in [2.05, 4.69) is 12.2 Å². The highest BCUT2D eigenvalue weighted by Gasteiger charge is 2.12. The lowest BCUT2D eigenvalue weighted by molar-refractivity contribution is 0.0996. The highest BCUT2D eigenvalue weighted by Crippen LogP contribution is 2.25. The van der Waals surface area contributed by atoms with Crippen LogP contribution in [0.25, 0.3) is 11.1 Å². The largest absolute Gasteiger partial charge is 0.459 e. The lowest BCUT2D eigenvalue weighted by atomic mass is 10.0. The Kier molecular flexibility index (Phi) is 4.43. The first-order chi connectivity index (χ1) is 11.8. The highest BCUT2D eigenvalue weighted by atomic mass is 32.2. The summed E-state index contributed by atoms with van der Waals surface area (Å²) in [5.41, 5.74) is 2.58. The molecule has 0 saturated carbocycles. The molecule has 1 aromatic heterocycles. The lowest BCUT2D eigenvalue weighted by Crippen LogP contribution is -2.13. The average Bonchev–Trinajstić information content (AvgIpc) is 3.09. The van der Waals surface area contributed by atoms with Crippen LogP contribution in [0.3, 0.4) is 0 Å². The molecule has 7 heteroatoms. The van der Waals surface area contributed by atoms with E-state index in [1.54, 1.807) is 36.4 Å². The van der Waals surface area contributed by atoms with E-state index in [1.165, 1.54) is 12.3 Å². The van der Waals surface area contributed by atoms with Crippen LogP contribution in [-0.4, -0.2) is 14.3 Å². The molecule has 2 aromatic carbocycles. The Balaban J connectivity index is 1.81. The molecule has 0 saturated heterocycles. The Morgan fingerprint density at radius 2 is 1.72 bits per heavy atom. The number of furan rings is 1. The summed E-state index contributed by atoms with van der Waals surface area (Å²) in [6.45, 7) is 3.73. The number of nitrogens with one attached hydrogen (secondary N) is 1. The monoisotopic (exact) mass is 355 g/mol. The Morgan fingerprint density at radius 3 is 2.28 bits per heavy atom. The summed E-state index contributed by atoms with van der Waals surface area (Å²) in [6, 6.07) is 15.1. The van der Waals surface area contributed by atoms with Gasteiger partial charge in [0, 0.05) is 5.69 Å². The molecule has 1 amide bonds. The van der Waals surface area contributed by atoms with Gasteiger partial charge in [-0.2, -0.15) is 0 Å². The van der Waals surface area contributed by atoms with Crippen LogP contribution in [0, 0.1) is 6.92 Å². The molecule has 3 aromatic rings. The van der Waals surface area contributed by atoms with E-state index in [-0.39, 0.29) is 16.6 Å². The van der Waals surface area contributed by atoms with E-state index in [1.807, 2.05) is 12.1 Å². The van der Waals surface area contributed by atoms with Gasteiger partial charge in [-0.15, -0.1) is 0 Å². The molecule has 25 heavy (non-hydrogen) atoms. The van der Waals surface area contributed by atoms with Crippen LogP contribution in [0.2, 0.25) is 0 Å². The van der Waals surface area contributed by atoms with Crippen molar-refractivity contribution in [1.29, 1.82) is 0 Å². The summed E-state index contributed by atoms with van der Waals surface area (Å²) in [4.78, 5) is 11.9. The number of amides is 1. The Hall–Kier alpha value is -2.90. The molecule has 127 valence electrons. The van der Waals surface area contributed by atoms with E-state index in [9.17, 15) is 13.2 Å². The van der Waals surface area contributed by atoms with Gasteiger partial charge in [-0.1, -0.05) is 18.2 Å². The minimum Gasteiger partial charge on any atom is -0.459 e. The van der Waals surface area contributed by atoms with Gasteiger partial charge in [0.2, 0.25) is 10.0 Å². The summed E-state index contributed by atoms with van der Waals surface area (Å²) in [6.07, 6.45) is 1.43. The van der Waals surface area contributed by atoms with Gasteiger partial charge in [0.15, 0.2) is 5.76 Å². The van der Waals surface area contributed by atoms with Gasteiger partial charge in [-0.3, -0.25) is 4.79 Å². The molecule has 0 atom stereocenters. The molecule has 0 bridgehead atoms. The van der Waals surface area contributed by atoms with Gasteiger partial charge in [0.1, 0.15) is 0 Å². The van der Waals surface area contributed by atoms with Crippen molar-refractivity contribution in [1.82, 2.24) is 0 Å². The number of primary sulfonamides is 1. The number of hydrogen-bond acceptors (Lipinski definition) is 4. The molecule has 1 radical (unpaired) electrons. The van der Waals surface area contributed by atoms with Crippen molar-refractivity contribution in [2.24, 2.45) is 5.14 Å². The summed E-state index contributed by atoms with van der Waals surface area (Å²) >= 11 is 0. The standard InChI is InChI=1S/C18H15N2O4S/c1-12-11-14(6-9-17(12)25(19,22)23)13-4-7-15(8-5-13)20-18(21)16-3-2-10-24-16/h2-11H,1H2,(H,20,21)(H2,19,22,23). The van der Waals surface area contributed by atoms with Crippen LogP contribution < -0.4 is 10.5 Å². The highest BCUT2D eigenvalue weighted by molar-refractivity contribution is 7.89. The molecule has 0 aliphatic carbocycles. The fraction of sp³-hybridized carbons (Fsp3) is 0. The van der Waals surface area contributed by atoms with E-state index in [0.717, 1.165) is 11.1 Å². The van der Waals surface area contributed by atoms with Crippen molar-refractivity contribution in [3.8, 4) is 11.1 Å². The molecule has 0 aliphatic rings. The SMILES string of the molecule is [CH2]c1cc(-c2ccc(NC(=O)c3ccco3)cc2)ccc1S(N)(=O)=O. The fourth-order valence-electron chi connectivity index (χ4n) is 2.38. The first-order valence-corrected chi connectivity index (χ1v) is 8.83. The Bertz CT molecular complexity index is 1010. The Morgan fingerprint density at radius 1 is 1.04 bits per heavy atom. The molecule has 3 rings (SSSR count). The van der Waals surface area contributed by atoms with Crippen LogP contribution >= 0.6 is 0 Å². The van der Waals surface area contributed by atoms with E-state index in [4.69, 9.17) is 9.56 Å². The summed E-state index contributed by atoms with van der Waals surface area (Å²) in [7, 11) is -3.79. The van der Waals surface area contributed by atoms with Crippen molar-refractivity contribution < 1.29 is 17.6 Å². The second-order valence-corrected chi connectivity index (χ2v) is 6.91. The molecule has 0 aliphatic heterocycles. The Labute approximate surface area is 145 Å². The van der Waals surface area contributed by atoms with Crippen molar-refractivity contribution >= 4 is 21.6 Å². The van der Waals surface area contributed by atoms with E-state index < -0.39 is 10.0 Å². The van der Waals surface area contributed by atoms with Crippen LogP contribution in [0.5, 0.6) is 0 Å². The van der Waals surface area contributed by atoms with Gasteiger partial charge in [-0.25, -0.2) is 13.6 Å². The second-order valence-electron chi connectivity index (χ2n) is 5.38. The lowest BCUT2D eigenvalue weighted by Gasteiger charge is -2.08. The van der Waals surface area contributed by atoms with E-state index in [0.29, 0.717) is 11.3 Å². The topological polar surface area (TPSA) is 102 Å². The molecular formula is C18H15N2O4S. The number of anilines is 1. The number of nitrogens with two attached hydrogens (primary N) is 1. The molecule has 0 unspecified atom stereocenters. The number of benzene rings is 2. The third-order valence-corrected chi connectivity index (χ3v) is 4.60. The molecule has 0 spiro atoms. The zero-order valence-electron chi connectivity index (χ0n) is 13.1. The van der Waals surface area contributed by atoms with Gasteiger partial charge in [0.05, 0.1) is 11.2 Å². The summed E-state index contributed by atoms with van der Waals surface area (Å²) in [5, 5.41) is 7.86. The molecule has 6 nitrogen and oxygen atoms in total. The minimum absolute atomic E-state index is 0.00131. The molecule has 0 fully saturated rings. The van der Waals surface area contributed by atoms with Gasteiger partial charge in [-0.05, 0) is 60.0 Å². The number of carbonyl (C=O) groups is 1. The minimum atomic E-state index is -3.79. The van der Waals surface area contributed by atoms with Crippen molar-refractivity contribution in [3.63, 3.8) is 0 Å². The van der Waals surface area contributed by atoms with Crippen LogP contribution in [0.15, 0.2) is 70.2 Å². The van der Waals surface area contributed by atoms with Crippen molar-refractivity contribution in [2.45, 2.75) is 4.90 Å². The zero-order valence-corrected chi connectivity index (χ0v) is 13.9. The zero-order chi connectivity index (χ0) is 18.0. The number of carbonyl (C=O) groups excluding carboxylic acids is 1. The first kappa shape index (κ1) is 16.9. The van der Waals surface area contributed by atoms with Crippen molar-refractivity contribution in [3.05, 3.63) is 79.1 Å². The van der Waals surface area contributed by atoms with Crippen LogP contribution in [0.1, 0.15) is 16.1 Å². The summed E-state index contributed by atoms with van der Waals surface area (Å²) < 4.78 is 27.9. The predicted molar refractivity (Wildman–Crippen MR) is 94.4 cm³/mol. The maximum Gasteiger partial charge on any atom is 0.291 e. The fourth-order valence-corrected chi connectivity index (χ4v) is 3.07. The average molecular weight is 355 g/mol. The van der Waals surface area contributed by atoms with Crippen molar-refractivity contribution in [2.75, 3.05) is 5.32 Å². The van der Waals surface area contributed by atoms with Gasteiger partial charge >= 0.3 is 0 Å². The molecule has 1 heterocycles. The predicted octanol–water partition coefficient (Wildman–Crippen LogP) is 3.03. The summed E-state index contributed by atoms with van der Waals surface area (Å²) in [5.74, 6) is -0.111. The third kappa shape index (κ3) is 3.78.